The Morgan fingerprint density at radius 2 is 2.00 bits per heavy atom. The van der Waals surface area contributed by atoms with Crippen LogP contribution in [0.1, 0.15) is 24.8 Å². The van der Waals surface area contributed by atoms with Crippen LogP contribution in [0.5, 0.6) is 5.75 Å². The molecule has 1 amide bonds. The molecule has 0 aromatic heterocycles. The van der Waals surface area contributed by atoms with Crippen LogP contribution in [0.4, 0.5) is 0 Å². The fourth-order valence-electron chi connectivity index (χ4n) is 2.38. The molecule has 0 atom stereocenters. The van der Waals surface area contributed by atoms with Crippen LogP contribution >= 0.6 is 0 Å². The molecular weight excluding hydrogens is 268 g/mol. The van der Waals surface area contributed by atoms with E-state index in [2.05, 4.69) is 10.6 Å². The Morgan fingerprint density at radius 1 is 1.29 bits per heavy atom. The van der Waals surface area contributed by atoms with Gasteiger partial charge in [0.05, 0.1) is 12.7 Å². The number of ether oxygens (including phenoxy) is 1. The summed E-state index contributed by atoms with van der Waals surface area (Å²) in [4.78, 5) is 11.7. The van der Waals surface area contributed by atoms with Gasteiger partial charge in [-0.15, -0.1) is 0 Å². The van der Waals surface area contributed by atoms with E-state index in [1.54, 1.807) is 12.1 Å². The van der Waals surface area contributed by atoms with Gasteiger partial charge in [0.2, 0.25) is 5.91 Å². The highest BCUT2D eigenvalue weighted by molar-refractivity contribution is 5.75. The first-order chi connectivity index (χ1) is 10.2. The van der Waals surface area contributed by atoms with Gasteiger partial charge in [-0.3, -0.25) is 4.79 Å². The molecule has 0 bridgehead atoms. The van der Waals surface area contributed by atoms with Gasteiger partial charge >= 0.3 is 0 Å². The molecule has 116 valence electrons. The molecule has 0 radical (unpaired) electrons. The van der Waals surface area contributed by atoms with Gasteiger partial charge in [0.1, 0.15) is 5.75 Å². The van der Waals surface area contributed by atoms with E-state index in [1.165, 1.54) is 0 Å². The molecule has 5 heteroatoms. The maximum Gasteiger partial charge on any atom is 0.222 e. The van der Waals surface area contributed by atoms with Gasteiger partial charge < -0.3 is 20.5 Å². The second-order valence-electron chi connectivity index (χ2n) is 5.34. The first-order valence-corrected chi connectivity index (χ1v) is 7.61. The number of phenolic OH excluding ortho intramolecular Hbond substituents is 1. The van der Waals surface area contributed by atoms with Crippen LogP contribution < -0.4 is 10.6 Å². The van der Waals surface area contributed by atoms with E-state index in [4.69, 9.17) is 4.74 Å². The lowest BCUT2D eigenvalue weighted by molar-refractivity contribution is -0.122. The predicted octanol–water partition coefficient (Wildman–Crippen LogP) is 1.21. The average Bonchev–Trinajstić information content (AvgIpc) is 2.50. The van der Waals surface area contributed by atoms with E-state index in [0.29, 0.717) is 25.7 Å². The topological polar surface area (TPSA) is 70.6 Å². The Hall–Kier alpha value is -1.59. The third-order valence-electron chi connectivity index (χ3n) is 3.64. The first-order valence-electron chi connectivity index (χ1n) is 7.61. The molecule has 1 saturated heterocycles. The number of carbonyl (C=O) groups is 1. The van der Waals surface area contributed by atoms with Gasteiger partial charge in [0.25, 0.3) is 0 Å². The van der Waals surface area contributed by atoms with Gasteiger partial charge in [0, 0.05) is 13.0 Å². The summed E-state index contributed by atoms with van der Waals surface area (Å²) in [7, 11) is 0. The van der Waals surface area contributed by atoms with Crippen molar-refractivity contribution in [3.05, 3.63) is 29.8 Å². The second kappa shape index (κ2) is 8.64. The minimum Gasteiger partial charge on any atom is -0.508 e. The molecule has 21 heavy (non-hydrogen) atoms. The second-order valence-corrected chi connectivity index (χ2v) is 5.34. The highest BCUT2D eigenvalue weighted by Gasteiger charge is 2.13. The van der Waals surface area contributed by atoms with Crippen molar-refractivity contribution < 1.29 is 14.6 Å². The number of rotatable bonds is 7. The predicted molar refractivity (Wildman–Crippen MR) is 81.3 cm³/mol. The zero-order chi connectivity index (χ0) is 14.9. The molecule has 0 saturated carbocycles. The van der Waals surface area contributed by atoms with Gasteiger partial charge in [-0.05, 0) is 50.0 Å². The summed E-state index contributed by atoms with van der Waals surface area (Å²) in [6.45, 7) is 3.11. The highest BCUT2D eigenvalue weighted by atomic mass is 16.5. The van der Waals surface area contributed by atoms with Crippen molar-refractivity contribution in [2.45, 2.75) is 31.8 Å². The number of benzene rings is 1. The number of amides is 1. The van der Waals surface area contributed by atoms with Crippen LogP contribution in [-0.2, 0) is 16.0 Å². The number of hydrogen-bond acceptors (Lipinski definition) is 4. The SMILES string of the molecule is O=C(CCOC1CCNCC1)NCCc1ccc(O)cc1. The normalized spacial score (nSPS) is 15.8. The van der Waals surface area contributed by atoms with Gasteiger partial charge in [-0.1, -0.05) is 12.1 Å². The first kappa shape index (κ1) is 15.8. The lowest BCUT2D eigenvalue weighted by atomic mass is 10.1. The number of hydrogen-bond donors (Lipinski definition) is 3. The van der Waals surface area contributed by atoms with Crippen molar-refractivity contribution in [1.29, 1.82) is 0 Å². The highest BCUT2D eigenvalue weighted by Crippen LogP contribution is 2.09. The van der Waals surface area contributed by atoms with Crippen LogP contribution in [0, 0.1) is 0 Å². The van der Waals surface area contributed by atoms with E-state index in [0.717, 1.165) is 37.9 Å². The summed E-state index contributed by atoms with van der Waals surface area (Å²) < 4.78 is 5.70. The van der Waals surface area contributed by atoms with Crippen LogP contribution in [0.25, 0.3) is 0 Å². The summed E-state index contributed by atoms with van der Waals surface area (Å²) in [5.74, 6) is 0.292. The monoisotopic (exact) mass is 292 g/mol. The largest absolute Gasteiger partial charge is 0.508 e. The Labute approximate surface area is 125 Å². The summed E-state index contributed by atoms with van der Waals surface area (Å²) in [5, 5.41) is 15.4. The van der Waals surface area contributed by atoms with Crippen molar-refractivity contribution in [2.24, 2.45) is 0 Å². The summed E-state index contributed by atoms with van der Waals surface area (Å²) in [6.07, 6.45) is 3.54. The van der Waals surface area contributed by atoms with Gasteiger partial charge in [-0.2, -0.15) is 0 Å². The molecule has 1 aliphatic heterocycles. The third-order valence-corrected chi connectivity index (χ3v) is 3.64. The van der Waals surface area contributed by atoms with E-state index in [1.807, 2.05) is 12.1 Å². The van der Waals surface area contributed by atoms with Gasteiger partial charge in [-0.25, -0.2) is 0 Å². The van der Waals surface area contributed by atoms with Crippen molar-refractivity contribution >= 4 is 5.91 Å². The lowest BCUT2D eigenvalue weighted by Crippen LogP contribution is -2.33. The molecule has 0 unspecified atom stereocenters. The molecule has 0 spiro atoms. The number of nitrogens with one attached hydrogen (secondary N) is 2. The van der Waals surface area contributed by atoms with Crippen LogP contribution in [0.15, 0.2) is 24.3 Å². The summed E-state index contributed by atoms with van der Waals surface area (Å²) in [6, 6.07) is 7.04. The Bertz CT molecular complexity index is 428. The van der Waals surface area contributed by atoms with Crippen LogP contribution in [0.2, 0.25) is 0 Å². The van der Waals surface area contributed by atoms with Gasteiger partial charge in [0.15, 0.2) is 0 Å². The zero-order valence-electron chi connectivity index (χ0n) is 12.3. The third kappa shape index (κ3) is 6.14. The number of piperidine rings is 1. The molecular formula is C16H24N2O3. The minimum absolute atomic E-state index is 0.0303. The number of carbonyl (C=O) groups excluding carboxylic acids is 1. The molecule has 1 aromatic carbocycles. The smallest absolute Gasteiger partial charge is 0.222 e. The van der Waals surface area contributed by atoms with Crippen LogP contribution in [0.3, 0.4) is 0 Å². The molecule has 1 heterocycles. The standard InChI is InChI=1S/C16H24N2O3/c19-14-3-1-13(2-4-14)5-11-18-16(20)8-12-21-15-6-9-17-10-7-15/h1-4,15,17,19H,5-12H2,(H,18,20). The molecule has 1 aromatic rings. The molecule has 2 rings (SSSR count). The van der Waals surface area contributed by atoms with Crippen LogP contribution in [-0.4, -0.2) is 43.4 Å². The summed E-state index contributed by atoms with van der Waals surface area (Å²) in [5.41, 5.74) is 1.10. The van der Waals surface area contributed by atoms with Crippen molar-refractivity contribution in [3.8, 4) is 5.75 Å². The maximum absolute atomic E-state index is 11.7. The lowest BCUT2D eigenvalue weighted by Gasteiger charge is -2.22. The van der Waals surface area contributed by atoms with Crippen molar-refractivity contribution in [2.75, 3.05) is 26.2 Å². The van der Waals surface area contributed by atoms with E-state index in [-0.39, 0.29) is 11.7 Å². The van der Waals surface area contributed by atoms with Crippen molar-refractivity contribution in [1.82, 2.24) is 10.6 Å². The average molecular weight is 292 g/mol. The zero-order valence-corrected chi connectivity index (χ0v) is 12.3. The number of aromatic hydroxyl groups is 1. The summed E-state index contributed by atoms with van der Waals surface area (Å²) >= 11 is 0. The van der Waals surface area contributed by atoms with E-state index < -0.39 is 0 Å². The Kier molecular flexibility index (Phi) is 6.50. The fraction of sp³-hybridized carbons (Fsp3) is 0.562. The fourth-order valence-corrected chi connectivity index (χ4v) is 2.38. The molecule has 1 fully saturated rings. The van der Waals surface area contributed by atoms with E-state index >= 15 is 0 Å². The minimum atomic E-state index is 0.0303. The van der Waals surface area contributed by atoms with Crippen molar-refractivity contribution in [3.63, 3.8) is 0 Å². The Morgan fingerprint density at radius 3 is 2.71 bits per heavy atom. The molecule has 5 nitrogen and oxygen atoms in total. The quantitative estimate of drug-likeness (QED) is 0.706. The molecule has 0 aliphatic carbocycles. The molecule has 1 aliphatic rings. The van der Waals surface area contributed by atoms with E-state index in [9.17, 15) is 9.90 Å². The molecule has 3 N–H and O–H groups in total. The maximum atomic E-state index is 11.7. The Balaban J connectivity index is 1.54. The number of phenols is 1.